The third-order valence-corrected chi connectivity index (χ3v) is 1.96. The highest BCUT2D eigenvalue weighted by atomic mass is 19.4. The first kappa shape index (κ1) is 9.31. The van der Waals surface area contributed by atoms with Crippen molar-refractivity contribution in [3.63, 3.8) is 0 Å². The van der Waals surface area contributed by atoms with Crippen LogP contribution >= 0.6 is 0 Å². The Bertz CT molecular complexity index is 203. The molecule has 1 saturated heterocycles. The molecule has 0 bridgehead atoms. The average Bonchev–Trinajstić information content (AvgIpc) is 2.05. The van der Waals surface area contributed by atoms with Gasteiger partial charge in [-0.3, -0.25) is 4.79 Å². The van der Waals surface area contributed by atoms with Crippen LogP contribution in [-0.4, -0.2) is 36.1 Å². The summed E-state index contributed by atoms with van der Waals surface area (Å²) >= 11 is 0. The molecule has 1 fully saturated rings. The van der Waals surface area contributed by atoms with E-state index in [2.05, 4.69) is 0 Å². The minimum absolute atomic E-state index is 0.222. The van der Waals surface area contributed by atoms with Gasteiger partial charge in [0.2, 0.25) is 5.91 Å². The first-order valence-corrected chi connectivity index (χ1v) is 3.42. The summed E-state index contributed by atoms with van der Waals surface area (Å²) in [5, 5.41) is 0. The van der Waals surface area contributed by atoms with Crippen molar-refractivity contribution in [1.29, 1.82) is 0 Å². The van der Waals surface area contributed by atoms with E-state index in [1.165, 1.54) is 0 Å². The molecule has 0 radical (unpaired) electrons. The van der Waals surface area contributed by atoms with E-state index in [4.69, 9.17) is 5.73 Å². The van der Waals surface area contributed by atoms with Crippen molar-refractivity contribution in [2.45, 2.75) is 24.7 Å². The molecule has 1 rings (SSSR count). The first-order valence-electron chi connectivity index (χ1n) is 3.42. The minimum Gasteiger partial charge on any atom is -0.332 e. The van der Waals surface area contributed by atoms with E-state index in [1.807, 2.05) is 0 Å². The molecule has 0 aliphatic carbocycles. The van der Waals surface area contributed by atoms with Gasteiger partial charge in [0.05, 0.1) is 0 Å². The second-order valence-corrected chi connectivity index (χ2v) is 2.86. The zero-order valence-electron chi connectivity index (χ0n) is 6.43. The predicted octanol–water partition coefficient (Wildman–Crippen LogP) is 0.107. The molecule has 0 aromatic rings. The van der Waals surface area contributed by atoms with Gasteiger partial charge in [0.25, 0.3) is 0 Å². The minimum atomic E-state index is -4.42. The summed E-state index contributed by atoms with van der Waals surface area (Å²) < 4.78 is 36.5. The number of hydrogen-bond donors (Lipinski definition) is 1. The molecule has 0 aromatic heterocycles. The molecule has 2 N–H and O–H groups in total. The van der Waals surface area contributed by atoms with Gasteiger partial charge in [-0.05, 0) is 0 Å². The van der Waals surface area contributed by atoms with Crippen LogP contribution in [0.25, 0.3) is 0 Å². The zero-order valence-corrected chi connectivity index (χ0v) is 6.43. The molecule has 2 unspecified atom stereocenters. The van der Waals surface area contributed by atoms with Gasteiger partial charge in [-0.15, -0.1) is 0 Å². The molecule has 1 aliphatic rings. The lowest BCUT2D eigenvalue weighted by atomic mass is 10.1. The molecule has 0 spiro atoms. The van der Waals surface area contributed by atoms with Crippen LogP contribution in [-0.2, 0) is 4.79 Å². The zero-order chi connectivity index (χ0) is 9.52. The number of rotatable bonds is 0. The lowest BCUT2D eigenvalue weighted by molar-refractivity contribution is -0.179. The largest absolute Gasteiger partial charge is 0.410 e. The van der Waals surface area contributed by atoms with Crippen LogP contribution in [0.15, 0.2) is 0 Å². The predicted molar refractivity (Wildman–Crippen MR) is 35.2 cm³/mol. The van der Waals surface area contributed by atoms with Gasteiger partial charge in [0, 0.05) is 19.5 Å². The fraction of sp³-hybridized carbons (Fsp3) is 0.833. The Morgan fingerprint density at radius 1 is 1.58 bits per heavy atom. The van der Waals surface area contributed by atoms with E-state index in [9.17, 15) is 18.0 Å². The molecule has 1 heterocycles. The topological polar surface area (TPSA) is 46.3 Å². The van der Waals surface area contributed by atoms with Gasteiger partial charge in [0.15, 0.2) is 0 Å². The molecule has 70 valence electrons. The Morgan fingerprint density at radius 3 is 2.25 bits per heavy atom. The van der Waals surface area contributed by atoms with Crippen LogP contribution in [0.1, 0.15) is 6.42 Å². The van der Waals surface area contributed by atoms with Gasteiger partial charge >= 0.3 is 6.18 Å². The molecule has 0 saturated carbocycles. The maximum atomic E-state index is 12.2. The Hall–Kier alpha value is -0.780. The monoisotopic (exact) mass is 182 g/mol. The second-order valence-electron chi connectivity index (χ2n) is 2.86. The summed E-state index contributed by atoms with van der Waals surface area (Å²) in [7, 11) is 1.12. The van der Waals surface area contributed by atoms with Crippen molar-refractivity contribution in [3.8, 4) is 0 Å². The fourth-order valence-corrected chi connectivity index (χ4v) is 1.36. The Kier molecular flexibility index (Phi) is 2.03. The molecular formula is C6H9F3N2O. The molecule has 12 heavy (non-hydrogen) atoms. The van der Waals surface area contributed by atoms with Crippen molar-refractivity contribution < 1.29 is 18.0 Å². The molecule has 6 heteroatoms. The highest BCUT2D eigenvalue weighted by Crippen LogP contribution is 2.31. The number of carbonyl (C=O) groups excluding carboxylic acids is 1. The van der Waals surface area contributed by atoms with Crippen LogP contribution in [0.5, 0.6) is 0 Å². The highest BCUT2D eigenvalue weighted by molar-refractivity contribution is 5.79. The van der Waals surface area contributed by atoms with Gasteiger partial charge in [-0.25, -0.2) is 0 Å². The number of nitrogens with zero attached hydrogens (tertiary/aromatic N) is 1. The number of alkyl halides is 3. The number of likely N-dealkylation sites (N-methyl/N-ethyl adjacent to an activating group) is 1. The molecule has 2 atom stereocenters. The Morgan fingerprint density at radius 2 is 2.08 bits per heavy atom. The number of nitrogens with two attached hydrogens (primary N) is 1. The van der Waals surface area contributed by atoms with Crippen LogP contribution in [0.2, 0.25) is 0 Å². The van der Waals surface area contributed by atoms with Crippen molar-refractivity contribution in [2.75, 3.05) is 7.05 Å². The maximum Gasteiger partial charge on any atom is 0.410 e. The highest BCUT2D eigenvalue weighted by Gasteiger charge is 2.52. The standard InChI is InChI=1S/C6H9F3N2O/c1-11-4(12)2-3(10)5(11)6(7,8)9/h3,5H,2,10H2,1H3. The normalized spacial score (nSPS) is 31.4. The van der Waals surface area contributed by atoms with Crippen molar-refractivity contribution >= 4 is 5.91 Å². The number of halogens is 3. The van der Waals surface area contributed by atoms with Crippen LogP contribution in [0.4, 0.5) is 13.2 Å². The second kappa shape index (κ2) is 2.62. The van der Waals surface area contributed by atoms with Crippen LogP contribution in [0.3, 0.4) is 0 Å². The van der Waals surface area contributed by atoms with Crippen molar-refractivity contribution in [1.82, 2.24) is 4.90 Å². The summed E-state index contributed by atoms with van der Waals surface area (Å²) in [5.41, 5.74) is 5.16. The lowest BCUT2D eigenvalue weighted by Crippen LogP contribution is -2.48. The summed E-state index contributed by atoms with van der Waals surface area (Å²) in [6.07, 6.45) is -4.64. The van der Waals surface area contributed by atoms with E-state index in [1.54, 1.807) is 0 Å². The third kappa shape index (κ3) is 1.38. The van der Waals surface area contributed by atoms with E-state index < -0.39 is 24.2 Å². The van der Waals surface area contributed by atoms with E-state index in [0.29, 0.717) is 4.90 Å². The van der Waals surface area contributed by atoms with Crippen LogP contribution in [0, 0.1) is 0 Å². The third-order valence-electron chi connectivity index (χ3n) is 1.96. The SMILES string of the molecule is CN1C(=O)CC(N)C1C(F)(F)F. The number of amides is 1. The molecule has 1 aliphatic heterocycles. The maximum absolute atomic E-state index is 12.2. The lowest BCUT2D eigenvalue weighted by Gasteiger charge is -2.24. The molecule has 3 nitrogen and oxygen atoms in total. The van der Waals surface area contributed by atoms with E-state index in [-0.39, 0.29) is 6.42 Å². The number of likely N-dealkylation sites (tertiary alicyclic amines) is 1. The number of hydrogen-bond acceptors (Lipinski definition) is 2. The van der Waals surface area contributed by atoms with Gasteiger partial charge < -0.3 is 10.6 Å². The van der Waals surface area contributed by atoms with Crippen molar-refractivity contribution in [3.05, 3.63) is 0 Å². The van der Waals surface area contributed by atoms with E-state index in [0.717, 1.165) is 7.05 Å². The first-order chi connectivity index (χ1) is 5.34. The summed E-state index contributed by atoms with van der Waals surface area (Å²) in [4.78, 5) is 11.4. The van der Waals surface area contributed by atoms with Crippen LogP contribution < -0.4 is 5.73 Å². The average molecular weight is 182 g/mol. The molecule has 1 amide bonds. The summed E-state index contributed by atoms with van der Waals surface area (Å²) in [6.45, 7) is 0. The smallest absolute Gasteiger partial charge is 0.332 e. The Balaban J connectivity index is 2.84. The summed E-state index contributed by atoms with van der Waals surface area (Å²) in [5.74, 6) is -0.551. The molecular weight excluding hydrogens is 173 g/mol. The van der Waals surface area contributed by atoms with Gasteiger partial charge in [0.1, 0.15) is 6.04 Å². The van der Waals surface area contributed by atoms with E-state index >= 15 is 0 Å². The van der Waals surface area contributed by atoms with Crippen molar-refractivity contribution in [2.24, 2.45) is 5.73 Å². The van der Waals surface area contributed by atoms with Gasteiger partial charge in [-0.2, -0.15) is 13.2 Å². The van der Waals surface area contributed by atoms with Gasteiger partial charge in [-0.1, -0.05) is 0 Å². The fourth-order valence-electron chi connectivity index (χ4n) is 1.36. The Labute approximate surface area is 67.3 Å². The quantitative estimate of drug-likeness (QED) is 0.577. The number of carbonyl (C=O) groups is 1. The summed E-state index contributed by atoms with van der Waals surface area (Å²) in [6, 6.07) is -2.94. The molecule has 0 aromatic carbocycles.